The van der Waals surface area contributed by atoms with Crippen LogP contribution in [0.25, 0.3) is 10.9 Å². The summed E-state index contributed by atoms with van der Waals surface area (Å²) in [6.45, 7) is 4.11. The molecule has 4 aromatic rings. The lowest BCUT2D eigenvalue weighted by Gasteiger charge is -2.34. The first-order valence-electron chi connectivity index (χ1n) is 11.3. The van der Waals surface area contributed by atoms with Crippen LogP contribution in [0.5, 0.6) is 0 Å². The molecular formula is C26H24ClN3O3. The molecule has 6 rings (SSSR count). The standard InChI is InChI=1S/C26H24ClN3O3/c1-16-12-18(29-33-16)14-30-15-21(19-7-6-17(27)13-23(19)30)24(31)25-20-4-2-3-5-22(20)26(32-25)8-10-28-11-9-26/h2-7,12-13,15,25,28H,8-11,14H2,1H3/t25-/m1/s1. The van der Waals surface area contributed by atoms with Gasteiger partial charge in [-0.15, -0.1) is 0 Å². The molecule has 0 unspecified atom stereocenters. The smallest absolute Gasteiger partial charge is 0.198 e. The van der Waals surface area contributed by atoms with Crippen LogP contribution in [-0.2, 0) is 16.9 Å². The van der Waals surface area contributed by atoms with Crippen LogP contribution in [-0.4, -0.2) is 28.6 Å². The van der Waals surface area contributed by atoms with Gasteiger partial charge in [0.15, 0.2) is 5.78 Å². The number of aromatic nitrogens is 2. The van der Waals surface area contributed by atoms with E-state index in [0.29, 0.717) is 17.1 Å². The van der Waals surface area contributed by atoms with E-state index in [1.807, 2.05) is 60.2 Å². The third kappa shape index (κ3) is 3.41. The van der Waals surface area contributed by atoms with Gasteiger partial charge in [0.1, 0.15) is 17.6 Å². The summed E-state index contributed by atoms with van der Waals surface area (Å²) in [4.78, 5) is 14.0. The van der Waals surface area contributed by atoms with Crippen molar-refractivity contribution in [1.29, 1.82) is 0 Å². The van der Waals surface area contributed by atoms with Crippen molar-refractivity contribution < 1.29 is 14.1 Å². The number of piperidine rings is 1. The van der Waals surface area contributed by atoms with Crippen LogP contribution >= 0.6 is 11.6 Å². The van der Waals surface area contributed by atoms with E-state index < -0.39 is 11.7 Å². The van der Waals surface area contributed by atoms with Crippen molar-refractivity contribution in [2.45, 2.75) is 38.0 Å². The third-order valence-corrected chi connectivity index (χ3v) is 7.08. The number of ketones is 1. The van der Waals surface area contributed by atoms with Crippen molar-refractivity contribution in [3.63, 3.8) is 0 Å². The number of halogens is 1. The summed E-state index contributed by atoms with van der Waals surface area (Å²) in [6, 6.07) is 15.7. The molecule has 0 aliphatic carbocycles. The Morgan fingerprint density at radius 3 is 2.82 bits per heavy atom. The lowest BCUT2D eigenvalue weighted by atomic mass is 9.84. The average Bonchev–Trinajstić information content (AvgIpc) is 3.49. The molecule has 33 heavy (non-hydrogen) atoms. The molecule has 2 aromatic heterocycles. The van der Waals surface area contributed by atoms with Gasteiger partial charge in [-0.3, -0.25) is 4.79 Å². The Hall–Kier alpha value is -2.93. The molecule has 0 amide bonds. The first-order valence-corrected chi connectivity index (χ1v) is 11.6. The normalized spacial score (nSPS) is 19.3. The zero-order valence-electron chi connectivity index (χ0n) is 18.3. The number of nitrogens with one attached hydrogen (secondary N) is 1. The minimum absolute atomic E-state index is 0.0275. The Kier molecular flexibility index (Phi) is 4.91. The minimum atomic E-state index is -0.622. The number of carbonyl (C=O) groups is 1. The monoisotopic (exact) mass is 461 g/mol. The molecule has 1 atom stereocenters. The molecular weight excluding hydrogens is 438 g/mol. The largest absolute Gasteiger partial charge is 0.361 e. The first-order chi connectivity index (χ1) is 16.0. The molecule has 4 heterocycles. The summed E-state index contributed by atoms with van der Waals surface area (Å²) < 4.78 is 13.9. The molecule has 2 aliphatic heterocycles. The quantitative estimate of drug-likeness (QED) is 0.424. The predicted molar refractivity (Wildman–Crippen MR) is 126 cm³/mol. The molecule has 2 aliphatic rings. The van der Waals surface area contributed by atoms with E-state index in [9.17, 15) is 4.79 Å². The Morgan fingerprint density at radius 1 is 1.21 bits per heavy atom. The van der Waals surface area contributed by atoms with Crippen LogP contribution in [0.4, 0.5) is 0 Å². The molecule has 1 spiro atoms. The molecule has 6 nitrogen and oxygen atoms in total. The van der Waals surface area contributed by atoms with Crippen molar-refractivity contribution in [2.75, 3.05) is 13.1 Å². The van der Waals surface area contributed by atoms with E-state index >= 15 is 0 Å². The second kappa shape index (κ2) is 7.83. The number of nitrogens with zero attached hydrogens (tertiary/aromatic N) is 2. The summed E-state index contributed by atoms with van der Waals surface area (Å²) in [5, 5.41) is 9.00. The summed E-state index contributed by atoms with van der Waals surface area (Å²) in [7, 11) is 0. The molecule has 1 N–H and O–H groups in total. The van der Waals surface area contributed by atoms with E-state index in [1.165, 1.54) is 0 Å². The zero-order chi connectivity index (χ0) is 22.6. The van der Waals surface area contributed by atoms with E-state index in [-0.39, 0.29) is 5.78 Å². The fourth-order valence-corrected chi connectivity index (χ4v) is 5.47. The number of ether oxygens (including phenoxy) is 1. The van der Waals surface area contributed by atoms with Crippen LogP contribution in [0, 0.1) is 6.92 Å². The number of rotatable bonds is 4. The minimum Gasteiger partial charge on any atom is -0.361 e. The SMILES string of the molecule is Cc1cc(Cn2cc(C(=O)[C@@H]3OC4(CCNCC4)c4ccccc43)c3ccc(Cl)cc32)no1. The van der Waals surface area contributed by atoms with Crippen molar-refractivity contribution in [3.8, 4) is 0 Å². The van der Waals surface area contributed by atoms with E-state index in [0.717, 1.165) is 59.4 Å². The Balaban J connectivity index is 1.43. The molecule has 2 aromatic carbocycles. The molecule has 0 saturated carbocycles. The fourth-order valence-electron chi connectivity index (χ4n) is 5.31. The second-order valence-corrected chi connectivity index (χ2v) is 9.39. The van der Waals surface area contributed by atoms with Gasteiger partial charge in [-0.2, -0.15) is 0 Å². The van der Waals surface area contributed by atoms with Crippen molar-refractivity contribution in [3.05, 3.63) is 87.9 Å². The molecule has 1 saturated heterocycles. The molecule has 1 fully saturated rings. The third-order valence-electron chi connectivity index (χ3n) is 6.85. The Bertz CT molecular complexity index is 1370. The Morgan fingerprint density at radius 2 is 2.03 bits per heavy atom. The van der Waals surface area contributed by atoms with Crippen LogP contribution in [0.2, 0.25) is 5.02 Å². The van der Waals surface area contributed by atoms with E-state index in [2.05, 4.69) is 16.5 Å². The van der Waals surface area contributed by atoms with Gasteiger partial charge in [0.25, 0.3) is 0 Å². The van der Waals surface area contributed by atoms with Crippen molar-refractivity contribution in [2.24, 2.45) is 0 Å². The maximum absolute atomic E-state index is 14.0. The second-order valence-electron chi connectivity index (χ2n) is 8.95. The number of carbonyl (C=O) groups excluding carboxylic acids is 1. The highest BCUT2D eigenvalue weighted by atomic mass is 35.5. The van der Waals surface area contributed by atoms with Gasteiger partial charge in [-0.05, 0) is 56.1 Å². The van der Waals surface area contributed by atoms with Gasteiger partial charge in [0.05, 0.1) is 17.7 Å². The number of hydrogen-bond acceptors (Lipinski definition) is 5. The maximum atomic E-state index is 14.0. The Labute approximate surface area is 196 Å². The summed E-state index contributed by atoms with van der Waals surface area (Å²) in [5.74, 6) is 0.722. The van der Waals surface area contributed by atoms with Crippen molar-refractivity contribution in [1.82, 2.24) is 15.0 Å². The summed E-state index contributed by atoms with van der Waals surface area (Å²) >= 11 is 6.31. The van der Waals surface area contributed by atoms with E-state index in [1.54, 1.807) is 0 Å². The topological polar surface area (TPSA) is 69.3 Å². The highest BCUT2D eigenvalue weighted by Crippen LogP contribution is 2.49. The van der Waals surface area contributed by atoms with Crippen LogP contribution < -0.4 is 5.32 Å². The molecule has 0 radical (unpaired) electrons. The predicted octanol–water partition coefficient (Wildman–Crippen LogP) is 5.17. The van der Waals surface area contributed by atoms with Crippen molar-refractivity contribution >= 4 is 28.3 Å². The molecule has 7 heteroatoms. The van der Waals surface area contributed by atoms with Gasteiger partial charge in [-0.25, -0.2) is 0 Å². The number of fused-ring (bicyclic) bond motifs is 3. The first kappa shape index (κ1) is 20.7. The van der Waals surface area contributed by atoms with Crippen LogP contribution in [0.1, 0.15) is 51.9 Å². The highest BCUT2D eigenvalue weighted by Gasteiger charge is 2.48. The molecule has 0 bridgehead atoms. The van der Waals surface area contributed by atoms with Gasteiger partial charge in [0.2, 0.25) is 0 Å². The molecule has 168 valence electrons. The van der Waals surface area contributed by atoms with Gasteiger partial charge < -0.3 is 19.1 Å². The number of Topliss-reactive ketones (excluding diaryl/α,β-unsaturated/α-hetero) is 1. The summed E-state index contributed by atoms with van der Waals surface area (Å²) in [5.41, 5.74) is 4.03. The lowest BCUT2D eigenvalue weighted by molar-refractivity contribution is -0.0805. The van der Waals surface area contributed by atoms with Crippen LogP contribution in [0.15, 0.2) is 59.3 Å². The van der Waals surface area contributed by atoms with Gasteiger partial charge >= 0.3 is 0 Å². The number of aryl methyl sites for hydroxylation is 1. The number of hydrogen-bond donors (Lipinski definition) is 1. The fraction of sp³-hybridized carbons (Fsp3) is 0.308. The average molecular weight is 462 g/mol. The highest BCUT2D eigenvalue weighted by molar-refractivity contribution is 6.31. The van der Waals surface area contributed by atoms with Crippen LogP contribution in [0.3, 0.4) is 0 Å². The number of benzene rings is 2. The van der Waals surface area contributed by atoms with Gasteiger partial charge in [0, 0.05) is 28.2 Å². The lowest BCUT2D eigenvalue weighted by Crippen LogP contribution is -2.40. The van der Waals surface area contributed by atoms with Gasteiger partial charge in [-0.1, -0.05) is 47.1 Å². The summed E-state index contributed by atoms with van der Waals surface area (Å²) in [6.07, 6.45) is 2.99. The maximum Gasteiger partial charge on any atom is 0.198 e. The zero-order valence-corrected chi connectivity index (χ0v) is 19.1. The van der Waals surface area contributed by atoms with E-state index in [4.69, 9.17) is 20.9 Å².